The molecule has 0 aliphatic heterocycles. The summed E-state index contributed by atoms with van der Waals surface area (Å²) >= 11 is 0.951. The second-order valence-electron chi connectivity index (χ2n) is 6.48. The molecule has 1 N–H and O–H groups in total. The number of thiophene rings is 1. The van der Waals surface area contributed by atoms with Gasteiger partial charge in [-0.15, -0.1) is 11.3 Å². The zero-order valence-corrected chi connectivity index (χ0v) is 19.1. The van der Waals surface area contributed by atoms with Gasteiger partial charge >= 0.3 is 5.97 Å². The number of carbonyl (C=O) groups excluding carboxylic acids is 1. The lowest BCUT2D eigenvalue weighted by Gasteiger charge is -2.17. The second-order valence-corrected chi connectivity index (χ2v) is 11.1. The van der Waals surface area contributed by atoms with Gasteiger partial charge in [0.05, 0.1) is 12.0 Å². The number of anilines is 1. The van der Waals surface area contributed by atoms with Gasteiger partial charge in [-0.1, -0.05) is 30.3 Å². The number of carbonyl (C=O) groups is 1. The maximum atomic E-state index is 12.8. The normalized spacial score (nSPS) is 12.0. The Morgan fingerprint density at radius 3 is 2.26 bits per heavy atom. The van der Waals surface area contributed by atoms with E-state index in [1.54, 1.807) is 0 Å². The number of ether oxygens (including phenoxy) is 1. The van der Waals surface area contributed by atoms with Gasteiger partial charge in [0.15, 0.2) is 0 Å². The molecule has 0 saturated heterocycles. The standard InChI is InChI=1S/C20H20N2O6S3/c1-22(14-15-6-4-3-5-7-15)31(26,27)17-10-8-16(9-11-17)21-30(24,25)18-12-13-29-19(18)20(23)28-2/h3-13,21H,14H2,1-2H3. The summed E-state index contributed by atoms with van der Waals surface area (Å²) in [4.78, 5) is 11.5. The molecular weight excluding hydrogens is 460 g/mol. The summed E-state index contributed by atoms with van der Waals surface area (Å²) in [5, 5.41) is 1.47. The Bertz CT molecular complexity index is 1270. The highest BCUT2D eigenvalue weighted by molar-refractivity contribution is 7.93. The molecule has 0 spiro atoms. The zero-order chi connectivity index (χ0) is 22.6. The number of sulfonamides is 2. The van der Waals surface area contributed by atoms with E-state index in [0.717, 1.165) is 16.9 Å². The minimum Gasteiger partial charge on any atom is -0.465 e. The molecule has 31 heavy (non-hydrogen) atoms. The fraction of sp³-hybridized carbons (Fsp3) is 0.150. The minimum atomic E-state index is -4.06. The van der Waals surface area contributed by atoms with Crippen LogP contribution in [0.5, 0.6) is 0 Å². The molecule has 11 heteroatoms. The molecule has 3 rings (SSSR count). The van der Waals surface area contributed by atoms with Gasteiger partial charge in [-0.2, -0.15) is 4.31 Å². The van der Waals surface area contributed by atoms with Crippen LogP contribution in [-0.4, -0.2) is 41.3 Å². The number of nitrogens with one attached hydrogen (secondary N) is 1. The Labute approximate surface area is 185 Å². The van der Waals surface area contributed by atoms with E-state index < -0.39 is 26.0 Å². The summed E-state index contributed by atoms with van der Waals surface area (Å²) in [7, 11) is -5.18. The number of methoxy groups -OCH3 is 1. The zero-order valence-electron chi connectivity index (χ0n) is 16.7. The third kappa shape index (κ3) is 5.13. The Kier molecular flexibility index (Phi) is 6.80. The number of hydrogen-bond donors (Lipinski definition) is 1. The first kappa shape index (κ1) is 22.9. The van der Waals surface area contributed by atoms with Crippen molar-refractivity contribution in [2.75, 3.05) is 18.9 Å². The fourth-order valence-electron chi connectivity index (χ4n) is 2.76. The lowest BCUT2D eigenvalue weighted by molar-refractivity contribution is 0.0602. The van der Waals surface area contributed by atoms with Gasteiger partial charge in [0.25, 0.3) is 10.0 Å². The van der Waals surface area contributed by atoms with Crippen molar-refractivity contribution >= 4 is 43.0 Å². The van der Waals surface area contributed by atoms with Crippen LogP contribution in [0.3, 0.4) is 0 Å². The molecule has 164 valence electrons. The minimum absolute atomic E-state index is 0.0275. The smallest absolute Gasteiger partial charge is 0.349 e. The van der Waals surface area contributed by atoms with Gasteiger partial charge in [-0.25, -0.2) is 21.6 Å². The van der Waals surface area contributed by atoms with Crippen molar-refractivity contribution in [2.45, 2.75) is 16.3 Å². The molecule has 8 nitrogen and oxygen atoms in total. The van der Waals surface area contributed by atoms with Crippen LogP contribution in [0.25, 0.3) is 0 Å². The van der Waals surface area contributed by atoms with Gasteiger partial charge in [0.1, 0.15) is 9.77 Å². The molecule has 0 aliphatic rings. The largest absolute Gasteiger partial charge is 0.465 e. The lowest BCUT2D eigenvalue weighted by Crippen LogP contribution is -2.26. The first-order chi connectivity index (χ1) is 14.6. The molecule has 0 atom stereocenters. The first-order valence-corrected chi connectivity index (χ1v) is 12.7. The predicted molar refractivity (Wildman–Crippen MR) is 118 cm³/mol. The Balaban J connectivity index is 1.78. The molecular formula is C20H20N2O6S3. The molecule has 0 fully saturated rings. The van der Waals surface area contributed by atoms with E-state index in [2.05, 4.69) is 9.46 Å². The second kappa shape index (κ2) is 9.18. The molecule has 0 saturated carbocycles. The van der Waals surface area contributed by atoms with Crippen LogP contribution >= 0.6 is 11.3 Å². The SMILES string of the molecule is COC(=O)c1sccc1S(=O)(=O)Nc1ccc(S(=O)(=O)N(C)Cc2ccccc2)cc1. The maximum Gasteiger partial charge on any atom is 0.349 e. The highest BCUT2D eigenvalue weighted by Gasteiger charge is 2.25. The van der Waals surface area contributed by atoms with Crippen molar-refractivity contribution in [3.8, 4) is 0 Å². The quantitative estimate of drug-likeness (QED) is 0.496. The molecule has 0 bridgehead atoms. The van der Waals surface area contributed by atoms with Crippen molar-refractivity contribution in [3.63, 3.8) is 0 Å². The Hall–Kier alpha value is -2.73. The fourth-order valence-corrected chi connectivity index (χ4v) is 6.31. The van der Waals surface area contributed by atoms with Gasteiger partial charge < -0.3 is 4.74 Å². The summed E-state index contributed by atoms with van der Waals surface area (Å²) in [6, 6.07) is 15.8. The van der Waals surface area contributed by atoms with Crippen molar-refractivity contribution in [3.05, 3.63) is 76.5 Å². The van der Waals surface area contributed by atoms with E-state index in [0.29, 0.717) is 0 Å². The highest BCUT2D eigenvalue weighted by atomic mass is 32.2. The van der Waals surface area contributed by atoms with Crippen LogP contribution in [0, 0.1) is 0 Å². The molecule has 1 heterocycles. The molecule has 1 aromatic heterocycles. The van der Waals surface area contributed by atoms with Crippen molar-refractivity contribution < 1.29 is 26.4 Å². The third-order valence-corrected chi connectivity index (χ3v) is 8.62. The van der Waals surface area contributed by atoms with Crippen molar-refractivity contribution in [2.24, 2.45) is 0 Å². The van der Waals surface area contributed by atoms with E-state index in [-0.39, 0.29) is 26.9 Å². The Morgan fingerprint density at radius 1 is 1.00 bits per heavy atom. The average Bonchev–Trinajstić information content (AvgIpc) is 3.25. The third-order valence-electron chi connectivity index (χ3n) is 4.35. The highest BCUT2D eigenvalue weighted by Crippen LogP contribution is 2.26. The van der Waals surface area contributed by atoms with Gasteiger partial charge in [0.2, 0.25) is 10.0 Å². The van der Waals surface area contributed by atoms with Crippen molar-refractivity contribution in [1.29, 1.82) is 0 Å². The van der Waals surface area contributed by atoms with Crippen LogP contribution in [-0.2, 0) is 31.3 Å². The maximum absolute atomic E-state index is 12.8. The summed E-state index contributed by atoms with van der Waals surface area (Å²) in [6.07, 6.45) is 0. The number of nitrogens with zero attached hydrogens (tertiary/aromatic N) is 1. The number of hydrogen-bond acceptors (Lipinski definition) is 7. The first-order valence-electron chi connectivity index (χ1n) is 8.94. The molecule has 0 aliphatic carbocycles. The lowest BCUT2D eigenvalue weighted by atomic mass is 10.2. The molecule has 0 radical (unpaired) electrons. The van der Waals surface area contributed by atoms with E-state index in [4.69, 9.17) is 0 Å². The van der Waals surface area contributed by atoms with Gasteiger partial charge in [0, 0.05) is 19.3 Å². The van der Waals surface area contributed by atoms with Gasteiger partial charge in [-0.05, 0) is 41.3 Å². The number of rotatable bonds is 8. The van der Waals surface area contributed by atoms with Crippen LogP contribution in [0.1, 0.15) is 15.2 Å². The van der Waals surface area contributed by atoms with Crippen LogP contribution in [0.15, 0.2) is 75.8 Å². The van der Waals surface area contributed by atoms with Gasteiger partial charge in [-0.3, -0.25) is 4.72 Å². The average molecular weight is 481 g/mol. The van der Waals surface area contributed by atoms with E-state index in [1.165, 1.54) is 54.2 Å². The Morgan fingerprint density at radius 2 is 1.65 bits per heavy atom. The van der Waals surface area contributed by atoms with E-state index in [9.17, 15) is 21.6 Å². The monoisotopic (exact) mass is 480 g/mol. The summed E-state index contributed by atoms with van der Waals surface area (Å²) in [5.74, 6) is -0.752. The molecule has 3 aromatic rings. The van der Waals surface area contributed by atoms with E-state index >= 15 is 0 Å². The van der Waals surface area contributed by atoms with Crippen LogP contribution in [0.2, 0.25) is 0 Å². The number of benzene rings is 2. The number of esters is 1. The molecule has 0 unspecified atom stereocenters. The topological polar surface area (TPSA) is 110 Å². The molecule has 0 amide bonds. The summed E-state index contributed by atoms with van der Waals surface area (Å²) in [5.41, 5.74) is 1.00. The molecule has 2 aromatic carbocycles. The summed E-state index contributed by atoms with van der Waals surface area (Å²) in [6.45, 7) is 0.200. The van der Waals surface area contributed by atoms with Crippen molar-refractivity contribution in [1.82, 2.24) is 4.31 Å². The predicted octanol–water partition coefficient (Wildman–Crippen LogP) is 3.16. The van der Waals surface area contributed by atoms with E-state index in [1.807, 2.05) is 30.3 Å². The van der Waals surface area contributed by atoms with Crippen LogP contribution < -0.4 is 4.72 Å². The van der Waals surface area contributed by atoms with Crippen LogP contribution in [0.4, 0.5) is 5.69 Å². The summed E-state index contributed by atoms with van der Waals surface area (Å²) < 4.78 is 59.1.